The lowest BCUT2D eigenvalue weighted by molar-refractivity contribution is -0.122. The molecule has 0 saturated heterocycles. The van der Waals surface area contributed by atoms with Gasteiger partial charge in [-0.25, -0.2) is 0 Å². The van der Waals surface area contributed by atoms with Gasteiger partial charge in [0.25, 0.3) is 0 Å². The Balaban J connectivity index is 3.99. The molecule has 1 amide bonds. The Morgan fingerprint density at radius 3 is 2.29 bits per heavy atom. The number of carbonyl (C=O) groups excluding carboxylic acids is 1. The van der Waals surface area contributed by atoms with E-state index in [1.54, 1.807) is 0 Å². The number of hydrogen-bond acceptors (Lipinski definition) is 3. The van der Waals surface area contributed by atoms with Crippen molar-refractivity contribution in [1.29, 1.82) is 0 Å². The second-order valence-electron chi connectivity index (χ2n) is 6.29. The molecule has 0 aromatic heterocycles. The molecule has 1 atom stereocenters. The van der Waals surface area contributed by atoms with Crippen LogP contribution in [0.5, 0.6) is 0 Å². The van der Waals surface area contributed by atoms with E-state index in [1.807, 2.05) is 27.9 Å². The monoisotopic (exact) mass is 243 g/mol. The molecule has 4 nitrogen and oxygen atoms in total. The van der Waals surface area contributed by atoms with Crippen LogP contribution < -0.4 is 11.1 Å². The van der Waals surface area contributed by atoms with Crippen molar-refractivity contribution < 1.29 is 4.79 Å². The molecular formula is C13H29N3O. The molecule has 0 aliphatic rings. The third-order valence-electron chi connectivity index (χ3n) is 2.79. The van der Waals surface area contributed by atoms with Crippen LogP contribution in [0.3, 0.4) is 0 Å². The molecule has 0 bridgehead atoms. The van der Waals surface area contributed by atoms with E-state index in [0.29, 0.717) is 18.9 Å². The number of amides is 1. The first-order valence-electron chi connectivity index (χ1n) is 6.31. The van der Waals surface area contributed by atoms with Gasteiger partial charge in [0.2, 0.25) is 5.91 Å². The fraction of sp³-hybridized carbons (Fsp3) is 0.923. The van der Waals surface area contributed by atoms with Gasteiger partial charge in [0.1, 0.15) is 0 Å². The molecule has 4 heteroatoms. The van der Waals surface area contributed by atoms with Gasteiger partial charge in [-0.2, -0.15) is 0 Å². The molecule has 0 heterocycles. The molecule has 0 spiro atoms. The van der Waals surface area contributed by atoms with E-state index < -0.39 is 0 Å². The van der Waals surface area contributed by atoms with Crippen molar-refractivity contribution in [3.8, 4) is 0 Å². The Labute approximate surface area is 106 Å². The van der Waals surface area contributed by atoms with Gasteiger partial charge in [-0.05, 0) is 25.4 Å². The van der Waals surface area contributed by atoms with Gasteiger partial charge in [-0.1, -0.05) is 27.7 Å². The zero-order valence-electron chi connectivity index (χ0n) is 12.2. The maximum atomic E-state index is 11.7. The number of rotatable bonds is 7. The van der Waals surface area contributed by atoms with Crippen LogP contribution in [0, 0.1) is 11.3 Å². The summed E-state index contributed by atoms with van der Waals surface area (Å²) >= 11 is 0. The second kappa shape index (κ2) is 6.97. The second-order valence-corrected chi connectivity index (χ2v) is 6.29. The van der Waals surface area contributed by atoms with Crippen molar-refractivity contribution in [3.05, 3.63) is 0 Å². The van der Waals surface area contributed by atoms with Gasteiger partial charge in [0.05, 0.1) is 0 Å². The van der Waals surface area contributed by atoms with E-state index in [-0.39, 0.29) is 17.4 Å². The van der Waals surface area contributed by atoms with Gasteiger partial charge in [0.15, 0.2) is 0 Å². The van der Waals surface area contributed by atoms with Gasteiger partial charge in [0, 0.05) is 25.6 Å². The molecule has 0 aliphatic carbocycles. The van der Waals surface area contributed by atoms with Crippen molar-refractivity contribution in [2.75, 3.05) is 27.2 Å². The molecule has 102 valence electrons. The Bertz CT molecular complexity index is 237. The Hall–Kier alpha value is -0.610. The minimum Gasteiger partial charge on any atom is -0.355 e. The summed E-state index contributed by atoms with van der Waals surface area (Å²) in [7, 11) is 4.08. The summed E-state index contributed by atoms with van der Waals surface area (Å²) in [6.07, 6.45) is 0.412. The highest BCUT2D eigenvalue weighted by Gasteiger charge is 2.20. The van der Waals surface area contributed by atoms with Gasteiger partial charge >= 0.3 is 0 Å². The van der Waals surface area contributed by atoms with E-state index in [9.17, 15) is 4.79 Å². The molecule has 0 aromatic rings. The Kier molecular flexibility index (Phi) is 6.72. The van der Waals surface area contributed by atoms with E-state index in [4.69, 9.17) is 5.73 Å². The summed E-state index contributed by atoms with van der Waals surface area (Å²) in [5, 5.41) is 2.97. The lowest BCUT2D eigenvalue weighted by atomic mass is 9.92. The zero-order valence-corrected chi connectivity index (χ0v) is 12.2. The largest absolute Gasteiger partial charge is 0.355 e. The highest BCUT2D eigenvalue weighted by Crippen LogP contribution is 2.14. The van der Waals surface area contributed by atoms with Crippen LogP contribution in [-0.4, -0.2) is 44.0 Å². The minimum absolute atomic E-state index is 0.0491. The fourth-order valence-electron chi connectivity index (χ4n) is 1.77. The van der Waals surface area contributed by atoms with E-state index in [1.165, 1.54) is 0 Å². The predicted octanol–water partition coefficient (Wildman–Crippen LogP) is 1.06. The quantitative estimate of drug-likeness (QED) is 0.703. The maximum absolute atomic E-state index is 11.7. The molecular weight excluding hydrogens is 214 g/mol. The number of nitrogens with zero attached hydrogens (tertiary/aromatic N) is 1. The summed E-state index contributed by atoms with van der Waals surface area (Å²) in [5.74, 6) is 0.397. The lowest BCUT2D eigenvalue weighted by Gasteiger charge is -2.28. The maximum Gasteiger partial charge on any atom is 0.221 e. The topological polar surface area (TPSA) is 58.4 Å². The first-order valence-corrected chi connectivity index (χ1v) is 6.31. The number of carbonyl (C=O) groups is 1. The highest BCUT2D eigenvalue weighted by atomic mass is 16.1. The van der Waals surface area contributed by atoms with Crippen molar-refractivity contribution >= 4 is 5.91 Å². The lowest BCUT2D eigenvalue weighted by Crippen LogP contribution is -2.42. The number of nitrogens with one attached hydrogen (secondary N) is 1. The minimum atomic E-state index is -0.0491. The van der Waals surface area contributed by atoms with Crippen molar-refractivity contribution in [1.82, 2.24) is 10.2 Å². The van der Waals surface area contributed by atoms with Gasteiger partial charge in [-0.3, -0.25) is 4.79 Å². The van der Waals surface area contributed by atoms with Crippen LogP contribution in [0.2, 0.25) is 0 Å². The number of nitrogens with two attached hydrogens (primary N) is 1. The molecule has 0 radical (unpaired) electrons. The Morgan fingerprint density at radius 1 is 1.35 bits per heavy atom. The molecule has 0 saturated carbocycles. The summed E-state index contributed by atoms with van der Waals surface area (Å²) in [5.41, 5.74) is 5.95. The Morgan fingerprint density at radius 2 is 1.88 bits per heavy atom. The fourth-order valence-corrected chi connectivity index (χ4v) is 1.77. The molecule has 0 aliphatic heterocycles. The van der Waals surface area contributed by atoms with Crippen molar-refractivity contribution in [3.63, 3.8) is 0 Å². The molecule has 0 rings (SSSR count). The summed E-state index contributed by atoms with van der Waals surface area (Å²) in [6, 6.07) is -0.0491. The first kappa shape index (κ1) is 16.4. The normalized spacial score (nSPS) is 14.2. The average molecular weight is 243 g/mol. The number of hydrogen-bond donors (Lipinski definition) is 2. The first-order chi connectivity index (χ1) is 7.64. The SMILES string of the molecule is CC(C)C(N)CC(=O)NCC(C)(C)CN(C)C. The summed E-state index contributed by atoms with van der Waals surface area (Å²) in [6.45, 7) is 10.0. The van der Waals surface area contributed by atoms with Crippen molar-refractivity contribution in [2.24, 2.45) is 17.1 Å². The molecule has 3 N–H and O–H groups in total. The van der Waals surface area contributed by atoms with Crippen LogP contribution in [0.1, 0.15) is 34.1 Å². The van der Waals surface area contributed by atoms with Crippen LogP contribution in [-0.2, 0) is 4.79 Å². The summed E-state index contributed by atoms with van der Waals surface area (Å²) in [4.78, 5) is 13.8. The van der Waals surface area contributed by atoms with Crippen molar-refractivity contribution in [2.45, 2.75) is 40.2 Å². The summed E-state index contributed by atoms with van der Waals surface area (Å²) < 4.78 is 0. The average Bonchev–Trinajstić information content (AvgIpc) is 2.12. The zero-order chi connectivity index (χ0) is 13.6. The molecule has 0 aromatic carbocycles. The van der Waals surface area contributed by atoms with Crippen LogP contribution >= 0.6 is 0 Å². The molecule has 0 fully saturated rings. The highest BCUT2D eigenvalue weighted by molar-refractivity contribution is 5.76. The van der Waals surface area contributed by atoms with Gasteiger partial charge in [-0.15, -0.1) is 0 Å². The molecule has 1 unspecified atom stereocenters. The van der Waals surface area contributed by atoms with Crippen LogP contribution in [0.4, 0.5) is 0 Å². The third-order valence-corrected chi connectivity index (χ3v) is 2.79. The molecule has 17 heavy (non-hydrogen) atoms. The van der Waals surface area contributed by atoms with E-state index >= 15 is 0 Å². The predicted molar refractivity (Wildman–Crippen MR) is 72.8 cm³/mol. The van der Waals surface area contributed by atoms with E-state index in [2.05, 4.69) is 24.1 Å². The van der Waals surface area contributed by atoms with E-state index in [0.717, 1.165) is 6.54 Å². The van der Waals surface area contributed by atoms with Gasteiger partial charge < -0.3 is 16.0 Å². The third kappa shape index (κ3) is 8.16. The van der Waals surface area contributed by atoms with Crippen LogP contribution in [0.25, 0.3) is 0 Å². The van der Waals surface area contributed by atoms with Crippen LogP contribution in [0.15, 0.2) is 0 Å². The standard InChI is InChI=1S/C13H29N3O/c1-10(2)11(14)7-12(17)15-8-13(3,4)9-16(5)6/h10-11H,7-9,14H2,1-6H3,(H,15,17). The smallest absolute Gasteiger partial charge is 0.221 e.